The van der Waals surface area contributed by atoms with Crippen molar-refractivity contribution in [1.82, 2.24) is 30.7 Å². The number of hydrogen-bond acceptors (Lipinski definition) is 15. The highest BCUT2D eigenvalue weighted by Crippen LogP contribution is 2.40. The second-order valence-corrected chi connectivity index (χ2v) is 13.0. The van der Waals surface area contributed by atoms with Gasteiger partial charge in [0.1, 0.15) is 23.0 Å². The van der Waals surface area contributed by atoms with Crippen LogP contribution in [-0.4, -0.2) is 96.5 Å². The Bertz CT molecular complexity index is 2760. The van der Waals surface area contributed by atoms with Crippen LogP contribution in [0.4, 0.5) is 22.7 Å². The van der Waals surface area contributed by atoms with Gasteiger partial charge in [-0.05, 0) is 72.8 Å². The molecule has 3 aromatic carbocycles. The number of hydrogen-bond donors (Lipinski definition) is 9. The van der Waals surface area contributed by atoms with Crippen LogP contribution in [0.3, 0.4) is 0 Å². The van der Waals surface area contributed by atoms with Gasteiger partial charge in [0.25, 0.3) is 23.6 Å². The average molecular weight is 856 g/mol. The lowest BCUT2D eigenvalue weighted by Crippen LogP contribution is -2.45. The van der Waals surface area contributed by atoms with Crippen LogP contribution in [0.2, 0.25) is 0 Å². The Kier molecular flexibility index (Phi) is 13.1. The molecule has 0 fully saturated rings. The molecule has 22 heteroatoms. The minimum atomic E-state index is -1.43. The number of carbonyl (C=O) groups is 6. The minimum absolute atomic E-state index is 0.0554. The molecule has 0 saturated carbocycles. The van der Waals surface area contributed by atoms with Gasteiger partial charge in [-0.2, -0.15) is 20.7 Å². The lowest BCUT2D eigenvalue weighted by molar-refractivity contribution is -0.118. The first-order valence-corrected chi connectivity index (χ1v) is 18.2. The number of aromatic amines is 1. The van der Waals surface area contributed by atoms with Crippen LogP contribution in [0.1, 0.15) is 63.3 Å². The molecule has 0 bridgehead atoms. The van der Waals surface area contributed by atoms with E-state index in [1.54, 1.807) is 0 Å². The Morgan fingerprint density at radius 2 is 1.25 bits per heavy atom. The van der Waals surface area contributed by atoms with Crippen LogP contribution in [0.25, 0.3) is 0 Å². The summed E-state index contributed by atoms with van der Waals surface area (Å²) in [7, 11) is 2.34. The maximum absolute atomic E-state index is 13.5. The molecule has 3 heterocycles. The van der Waals surface area contributed by atoms with Gasteiger partial charge < -0.3 is 51.4 Å². The summed E-state index contributed by atoms with van der Waals surface area (Å²) < 4.78 is 10.3. The van der Waals surface area contributed by atoms with Crippen molar-refractivity contribution in [3.63, 3.8) is 0 Å². The summed E-state index contributed by atoms with van der Waals surface area (Å²) in [5, 5.41) is 62.4. The van der Waals surface area contributed by atoms with E-state index in [4.69, 9.17) is 14.7 Å². The van der Waals surface area contributed by atoms with Crippen molar-refractivity contribution in [2.75, 3.05) is 35.5 Å². The first-order chi connectivity index (χ1) is 30.3. The number of nitrogens with one attached hydrogen (secondary N) is 6. The molecule has 0 saturated heterocycles. The molecule has 0 aliphatic rings. The summed E-state index contributed by atoms with van der Waals surface area (Å²) in [5.41, 5.74) is 0.314. The van der Waals surface area contributed by atoms with Gasteiger partial charge in [0.2, 0.25) is 5.91 Å². The van der Waals surface area contributed by atoms with Crippen molar-refractivity contribution in [3.05, 3.63) is 131 Å². The third kappa shape index (κ3) is 10.1. The van der Waals surface area contributed by atoms with E-state index in [0.717, 1.165) is 13.2 Å². The standard InChI is InChI=1S/C41H33N11O11/c1-62-34-28(13-9-25(32(34)53)37(56)48-27-14-10-26(41(60)61)33(54)35(27)63-2)49-38(57)29-12-8-23(18-44-29)47-40(59)31(15-24-19-45-52-51-24)50-39(58)30-11-7-22(17-43-30)46-36(55)21-5-3-20(16-42)4-6-21/h3-14,17-19,31,53-54H,15H2,1-2H3,(H,46,55)(H,47,59)(H,48,56)(H,49,57)(H,50,58)(H,60,61)(H,45,51,52). The summed E-state index contributed by atoms with van der Waals surface area (Å²) in [6, 6.07) is 16.9. The molecule has 318 valence electrons. The number of nitriles is 1. The lowest BCUT2D eigenvalue weighted by Gasteiger charge is -2.18. The third-order valence-electron chi connectivity index (χ3n) is 8.94. The third-order valence-corrected chi connectivity index (χ3v) is 8.94. The zero-order valence-electron chi connectivity index (χ0n) is 32.8. The average Bonchev–Trinajstić information content (AvgIpc) is 3.80. The second-order valence-electron chi connectivity index (χ2n) is 13.0. The van der Waals surface area contributed by atoms with Gasteiger partial charge in [0.15, 0.2) is 23.0 Å². The molecule has 5 amide bonds. The number of aromatic hydroxyl groups is 2. The summed E-state index contributed by atoms with van der Waals surface area (Å²) >= 11 is 0. The highest BCUT2D eigenvalue weighted by atomic mass is 16.5. The van der Waals surface area contributed by atoms with Crippen molar-refractivity contribution in [1.29, 1.82) is 5.26 Å². The molecule has 1 unspecified atom stereocenters. The Morgan fingerprint density at radius 1 is 0.683 bits per heavy atom. The number of amides is 5. The highest BCUT2D eigenvalue weighted by Gasteiger charge is 2.26. The topological polar surface area (TPSA) is 333 Å². The molecule has 63 heavy (non-hydrogen) atoms. The van der Waals surface area contributed by atoms with E-state index >= 15 is 0 Å². The van der Waals surface area contributed by atoms with Gasteiger partial charge in [0.05, 0.1) is 78.4 Å². The number of methoxy groups -OCH3 is 2. The number of ether oxygens (including phenoxy) is 2. The molecule has 6 rings (SSSR count). The summed E-state index contributed by atoms with van der Waals surface area (Å²) in [4.78, 5) is 85.3. The van der Waals surface area contributed by atoms with Gasteiger partial charge in [-0.3, -0.25) is 24.0 Å². The molecule has 0 radical (unpaired) electrons. The fraction of sp³-hybridized carbons (Fsp3) is 0.0976. The SMILES string of the molecule is COc1c(NC(=O)c2ccc(NC(=O)c3ccc(NC(=O)C(Cc4cn[nH]n4)NC(=O)c4ccc(NC(=O)c5ccc(C#N)cc5)cn4)cn3)c(OC)c2O)ccc(C(=O)O)c1O. The number of carboxylic acid groups (broad SMARTS) is 1. The van der Waals surface area contributed by atoms with Crippen molar-refractivity contribution < 1.29 is 53.6 Å². The van der Waals surface area contributed by atoms with Crippen LogP contribution in [-0.2, 0) is 11.2 Å². The molecule has 0 spiro atoms. The van der Waals surface area contributed by atoms with Crippen LogP contribution in [0.5, 0.6) is 23.0 Å². The van der Waals surface area contributed by atoms with Crippen molar-refractivity contribution >= 4 is 58.3 Å². The fourth-order valence-corrected chi connectivity index (χ4v) is 5.79. The van der Waals surface area contributed by atoms with Gasteiger partial charge in [-0.1, -0.05) is 0 Å². The Balaban J connectivity index is 1.09. The molecule has 0 aliphatic carbocycles. The summed E-state index contributed by atoms with van der Waals surface area (Å²) in [6.07, 6.45) is 3.73. The number of nitrogens with zero attached hydrogens (tertiary/aromatic N) is 5. The maximum Gasteiger partial charge on any atom is 0.339 e. The van der Waals surface area contributed by atoms with E-state index in [0.29, 0.717) is 16.8 Å². The normalized spacial score (nSPS) is 10.9. The molecule has 1 atom stereocenters. The molecule has 0 aliphatic heterocycles. The number of benzene rings is 3. The number of rotatable bonds is 15. The summed E-state index contributed by atoms with van der Waals surface area (Å²) in [5.74, 6) is -7.01. The molecular formula is C41H33N11O11. The molecule has 22 nitrogen and oxygen atoms in total. The Hall–Kier alpha value is -9.39. The van der Waals surface area contributed by atoms with Gasteiger partial charge in [-0.25, -0.2) is 14.8 Å². The highest BCUT2D eigenvalue weighted by molar-refractivity contribution is 6.10. The molecule has 9 N–H and O–H groups in total. The van der Waals surface area contributed by atoms with E-state index in [9.17, 15) is 44.1 Å². The predicted molar refractivity (Wildman–Crippen MR) is 220 cm³/mol. The van der Waals surface area contributed by atoms with Crippen molar-refractivity contribution in [2.45, 2.75) is 12.5 Å². The van der Waals surface area contributed by atoms with Crippen molar-refractivity contribution in [2.24, 2.45) is 0 Å². The monoisotopic (exact) mass is 855 g/mol. The zero-order valence-corrected chi connectivity index (χ0v) is 32.8. The van der Waals surface area contributed by atoms with E-state index in [1.807, 2.05) is 6.07 Å². The zero-order chi connectivity index (χ0) is 45.2. The van der Waals surface area contributed by atoms with Crippen molar-refractivity contribution in [3.8, 4) is 29.1 Å². The first kappa shape index (κ1) is 43.2. The maximum atomic E-state index is 13.5. The fourth-order valence-electron chi connectivity index (χ4n) is 5.79. The van der Waals surface area contributed by atoms with E-state index in [-0.39, 0.29) is 57.6 Å². The van der Waals surface area contributed by atoms with Gasteiger partial charge in [0, 0.05) is 12.0 Å². The first-order valence-electron chi connectivity index (χ1n) is 18.2. The number of carbonyl (C=O) groups excluding carboxylic acids is 5. The van der Waals surface area contributed by atoms with Crippen LogP contribution < -0.4 is 36.1 Å². The lowest BCUT2D eigenvalue weighted by atomic mass is 10.1. The quantitative estimate of drug-likeness (QED) is 0.0715. The number of phenolic OH excluding ortho intramolecular Hbond substituents is 1. The van der Waals surface area contributed by atoms with Crippen LogP contribution in [0.15, 0.2) is 91.4 Å². The number of pyridine rings is 2. The number of carboxylic acids is 1. The smallest absolute Gasteiger partial charge is 0.339 e. The number of anilines is 4. The predicted octanol–water partition coefficient (Wildman–Crippen LogP) is 3.33. The minimum Gasteiger partial charge on any atom is -0.504 e. The van der Waals surface area contributed by atoms with E-state index in [2.05, 4.69) is 52.0 Å². The number of phenols is 2. The number of H-pyrrole nitrogens is 1. The Labute approximate surface area is 354 Å². The number of aromatic nitrogens is 5. The Morgan fingerprint density at radius 3 is 1.79 bits per heavy atom. The molecule has 6 aromatic rings. The van der Waals surface area contributed by atoms with E-state index < -0.39 is 58.6 Å². The van der Waals surface area contributed by atoms with Crippen LogP contribution >= 0.6 is 0 Å². The van der Waals surface area contributed by atoms with Gasteiger partial charge in [-0.15, -0.1) is 0 Å². The number of aromatic carboxylic acids is 1. The summed E-state index contributed by atoms with van der Waals surface area (Å²) in [6.45, 7) is 0. The largest absolute Gasteiger partial charge is 0.504 e. The van der Waals surface area contributed by atoms with Gasteiger partial charge >= 0.3 is 5.97 Å². The molecule has 3 aromatic heterocycles. The molecular weight excluding hydrogens is 823 g/mol. The van der Waals surface area contributed by atoms with Crippen LogP contribution in [0, 0.1) is 11.3 Å². The van der Waals surface area contributed by atoms with E-state index in [1.165, 1.54) is 92.4 Å². The second kappa shape index (κ2) is 19.1.